The van der Waals surface area contributed by atoms with Gasteiger partial charge in [-0.05, 0) is 105 Å². The molecule has 0 radical (unpaired) electrons. The normalized spacial score (nSPS) is 21.0. The van der Waals surface area contributed by atoms with E-state index in [0.717, 1.165) is 37.7 Å². The van der Waals surface area contributed by atoms with Crippen LogP contribution in [0.4, 0.5) is 4.79 Å². The summed E-state index contributed by atoms with van der Waals surface area (Å²) in [7, 11) is -5.03. The van der Waals surface area contributed by atoms with Crippen molar-refractivity contribution in [3.63, 3.8) is 0 Å². The molecule has 0 N–H and O–H groups in total. The molecule has 0 bridgehead atoms. The lowest BCUT2D eigenvalue weighted by Crippen LogP contribution is -2.66. The minimum atomic E-state index is -3.69. The monoisotopic (exact) mass is 762 g/mol. The molecule has 1 heterocycles. The molecule has 53 heavy (non-hydrogen) atoms. The first-order chi connectivity index (χ1) is 25.1. The van der Waals surface area contributed by atoms with E-state index in [-0.39, 0.29) is 16.0 Å². The van der Waals surface area contributed by atoms with Crippen molar-refractivity contribution in [1.82, 2.24) is 4.31 Å². The average Bonchev–Trinajstić information content (AvgIpc) is 3.61. The van der Waals surface area contributed by atoms with Gasteiger partial charge in [0.15, 0.2) is 9.92 Å². The highest BCUT2D eigenvalue weighted by Crippen LogP contribution is 2.40. The smallest absolute Gasteiger partial charge is 0.443 e. The Morgan fingerprint density at radius 3 is 2.11 bits per heavy atom. The molecule has 11 heteroatoms. The molecule has 2 aliphatic rings. The number of hydrogen-bond donors (Lipinski definition) is 0. The van der Waals surface area contributed by atoms with Gasteiger partial charge >= 0.3 is 12.1 Å². The molecule has 1 amide bonds. The SMILES string of the molecule is COC(=O)[C@@H]1CCCN1[S@@](=O)(=NC(=O)OC(C)(C)C)c1ccc(C)cc1O[C@@H]1CCC[C@H](CCO[Si](c2ccccc2)(c2ccccc2)C(C)(C)C)C1. The second-order valence-corrected chi connectivity index (χ2v) is 22.8. The van der Waals surface area contributed by atoms with Crippen LogP contribution in [0.5, 0.6) is 5.75 Å². The number of hydrogen-bond acceptors (Lipinski definition) is 7. The van der Waals surface area contributed by atoms with Crippen molar-refractivity contribution in [2.75, 3.05) is 20.3 Å². The fraction of sp³-hybridized carbons (Fsp3) is 0.524. The van der Waals surface area contributed by atoms with Gasteiger partial charge in [-0.3, -0.25) is 4.79 Å². The van der Waals surface area contributed by atoms with Crippen LogP contribution in [0.1, 0.15) is 92.1 Å². The van der Waals surface area contributed by atoms with Crippen LogP contribution >= 0.6 is 0 Å². The maximum absolute atomic E-state index is 15.3. The highest BCUT2D eigenvalue weighted by Gasteiger charge is 2.50. The highest BCUT2D eigenvalue weighted by molar-refractivity contribution is 7.91. The third-order valence-electron chi connectivity index (χ3n) is 10.3. The van der Waals surface area contributed by atoms with Gasteiger partial charge in [0.2, 0.25) is 0 Å². The summed E-state index contributed by atoms with van der Waals surface area (Å²) >= 11 is 0. The number of ether oxygens (including phenoxy) is 3. The van der Waals surface area contributed by atoms with E-state index in [0.29, 0.717) is 37.7 Å². The fourth-order valence-electron chi connectivity index (χ4n) is 7.88. The molecule has 2 fully saturated rings. The van der Waals surface area contributed by atoms with Crippen molar-refractivity contribution in [3.05, 3.63) is 84.4 Å². The number of nitrogens with zero attached hydrogens (tertiary/aromatic N) is 2. The fourth-order valence-corrected chi connectivity index (χ4v) is 14.7. The van der Waals surface area contributed by atoms with Crippen molar-refractivity contribution in [1.29, 1.82) is 0 Å². The van der Waals surface area contributed by atoms with E-state index < -0.39 is 41.9 Å². The van der Waals surface area contributed by atoms with Crippen molar-refractivity contribution < 1.29 is 32.4 Å². The number of esters is 1. The maximum atomic E-state index is 15.3. The van der Waals surface area contributed by atoms with E-state index in [2.05, 4.69) is 85.8 Å². The standard InChI is InChI=1S/C42H58N2O7SSi/c1-31-24-25-38(52(47,43-40(46)51-41(2,3)4)44-27-16-23-36(44)39(45)48-8)37(29-31)50-33-18-15-17-32(30-33)26-28-49-53(42(5,6)7,34-19-11-9-12-20-34)35-21-13-10-14-22-35/h9-14,19-22,24-25,29,32-33,36H,15-18,23,26-28,30H2,1-8H3/t32-,33-,36+,52+/m1/s1. The van der Waals surface area contributed by atoms with Crippen LogP contribution in [0, 0.1) is 12.8 Å². The Kier molecular flexibility index (Phi) is 13.0. The van der Waals surface area contributed by atoms with Gasteiger partial charge < -0.3 is 18.6 Å². The third kappa shape index (κ3) is 9.42. The zero-order chi connectivity index (χ0) is 38.4. The molecule has 5 rings (SSSR count). The molecule has 3 aromatic rings. The minimum Gasteiger partial charge on any atom is -0.489 e. The molecular formula is C42H58N2O7SSi. The van der Waals surface area contributed by atoms with E-state index in [1.165, 1.54) is 21.8 Å². The Morgan fingerprint density at radius 1 is 0.887 bits per heavy atom. The third-order valence-corrected chi connectivity index (χ3v) is 17.7. The predicted molar refractivity (Wildman–Crippen MR) is 213 cm³/mol. The molecule has 0 unspecified atom stereocenters. The second-order valence-electron chi connectivity index (χ2n) is 16.4. The Bertz CT molecular complexity index is 1790. The lowest BCUT2D eigenvalue weighted by molar-refractivity contribution is -0.144. The summed E-state index contributed by atoms with van der Waals surface area (Å²) in [5, 5.41) is 2.43. The van der Waals surface area contributed by atoms with Crippen LogP contribution < -0.4 is 15.1 Å². The van der Waals surface area contributed by atoms with Gasteiger partial charge in [0, 0.05) is 13.2 Å². The number of carbonyl (C=O) groups excluding carboxylic acids is 2. The lowest BCUT2D eigenvalue weighted by atomic mass is 9.85. The summed E-state index contributed by atoms with van der Waals surface area (Å²) < 4.78 is 45.6. The van der Waals surface area contributed by atoms with E-state index in [4.69, 9.17) is 18.6 Å². The minimum absolute atomic E-state index is 0.102. The Morgan fingerprint density at radius 2 is 1.53 bits per heavy atom. The van der Waals surface area contributed by atoms with Gasteiger partial charge in [-0.2, -0.15) is 4.31 Å². The van der Waals surface area contributed by atoms with E-state index in [1.54, 1.807) is 26.8 Å². The molecule has 9 nitrogen and oxygen atoms in total. The van der Waals surface area contributed by atoms with Crippen LogP contribution in [0.15, 0.2) is 88.1 Å². The summed E-state index contributed by atoms with van der Waals surface area (Å²) in [5.41, 5.74) is 0.0676. The van der Waals surface area contributed by atoms with E-state index >= 15 is 4.21 Å². The molecule has 4 atom stereocenters. The molecule has 288 valence electrons. The molecular weight excluding hydrogens is 705 g/mol. The Balaban J connectivity index is 1.40. The Hall–Kier alpha value is -3.51. The average molecular weight is 763 g/mol. The summed E-state index contributed by atoms with van der Waals surface area (Å²) in [6, 6.07) is 26.0. The highest BCUT2D eigenvalue weighted by atomic mass is 32.2. The molecule has 3 aromatic carbocycles. The number of methoxy groups -OCH3 is 1. The molecule has 0 spiro atoms. The van der Waals surface area contributed by atoms with Gasteiger partial charge in [0.05, 0.1) is 13.2 Å². The van der Waals surface area contributed by atoms with E-state index in [1.807, 2.05) is 19.1 Å². The van der Waals surface area contributed by atoms with Gasteiger partial charge in [-0.1, -0.05) is 93.9 Å². The quantitative estimate of drug-likeness (QED) is 0.143. The van der Waals surface area contributed by atoms with Crippen molar-refractivity contribution >= 4 is 40.7 Å². The van der Waals surface area contributed by atoms with Crippen LogP contribution in [0.3, 0.4) is 0 Å². The number of benzene rings is 3. The zero-order valence-corrected chi connectivity index (χ0v) is 34.6. The van der Waals surface area contributed by atoms with Crippen LogP contribution in [0.2, 0.25) is 5.04 Å². The van der Waals surface area contributed by atoms with Gasteiger partial charge in [0.25, 0.3) is 8.32 Å². The number of rotatable bonds is 11. The first-order valence-corrected chi connectivity index (χ1v) is 22.3. The summed E-state index contributed by atoms with van der Waals surface area (Å²) in [5.74, 6) is 0.268. The predicted octanol–water partition coefficient (Wildman–Crippen LogP) is 8.21. The molecule has 1 saturated carbocycles. The summed E-state index contributed by atoms with van der Waals surface area (Å²) in [4.78, 5) is 26.4. The summed E-state index contributed by atoms with van der Waals surface area (Å²) in [6.07, 6.45) is 4.57. The number of amides is 1. The van der Waals surface area contributed by atoms with Crippen LogP contribution in [-0.4, -0.2) is 66.9 Å². The largest absolute Gasteiger partial charge is 0.489 e. The van der Waals surface area contributed by atoms with Gasteiger partial charge in [-0.25, -0.2) is 9.00 Å². The van der Waals surface area contributed by atoms with Gasteiger partial charge in [-0.15, -0.1) is 4.36 Å². The number of aryl methyl sites for hydroxylation is 1. The van der Waals surface area contributed by atoms with Crippen LogP contribution in [0.25, 0.3) is 0 Å². The molecule has 1 saturated heterocycles. The molecule has 1 aliphatic heterocycles. The van der Waals surface area contributed by atoms with Crippen molar-refractivity contribution in [2.45, 2.75) is 121 Å². The van der Waals surface area contributed by atoms with Crippen molar-refractivity contribution in [3.8, 4) is 5.75 Å². The summed E-state index contributed by atoms with van der Waals surface area (Å²) in [6.45, 7) is 15.0. The Labute approximate surface area is 318 Å². The first-order valence-electron chi connectivity index (χ1n) is 18.9. The zero-order valence-electron chi connectivity index (χ0n) is 32.8. The molecule has 0 aromatic heterocycles. The maximum Gasteiger partial charge on any atom is 0.443 e. The first kappa shape index (κ1) is 40.7. The van der Waals surface area contributed by atoms with Gasteiger partial charge in [0.1, 0.15) is 22.3 Å². The van der Waals surface area contributed by atoms with E-state index in [9.17, 15) is 9.59 Å². The van der Waals surface area contributed by atoms with Crippen molar-refractivity contribution in [2.24, 2.45) is 10.3 Å². The number of carbonyl (C=O) groups is 2. The van der Waals surface area contributed by atoms with Crippen LogP contribution in [-0.2, 0) is 28.6 Å². The molecule has 1 aliphatic carbocycles. The second kappa shape index (κ2) is 16.9. The topological polar surface area (TPSA) is 104 Å². The lowest BCUT2D eigenvalue weighted by Gasteiger charge is -2.43.